The molecule has 1 atom stereocenters. The van der Waals surface area contributed by atoms with Gasteiger partial charge in [0.15, 0.2) is 5.16 Å². The highest BCUT2D eigenvalue weighted by molar-refractivity contribution is 7.99. The molecule has 0 aliphatic heterocycles. The predicted molar refractivity (Wildman–Crippen MR) is 61.5 cm³/mol. The van der Waals surface area contributed by atoms with Crippen molar-refractivity contribution in [2.45, 2.75) is 25.0 Å². The fourth-order valence-electron chi connectivity index (χ4n) is 1.13. The number of aromatic amines is 1. The molecule has 1 rings (SSSR count). The fourth-order valence-corrected chi connectivity index (χ4v) is 1.72. The van der Waals surface area contributed by atoms with Gasteiger partial charge >= 0.3 is 5.97 Å². The standard InChI is InChI=1S/C9H14N4O3S/c1-5(2)7(8(15)16)12-6(14)3-17-9-10-4-11-13-9/h4-5,7H,3H2,1-2H3,(H,12,14)(H,15,16)(H,10,11,13). The molecule has 8 heteroatoms. The topological polar surface area (TPSA) is 108 Å². The zero-order valence-corrected chi connectivity index (χ0v) is 10.3. The van der Waals surface area contributed by atoms with Crippen LogP contribution >= 0.6 is 11.8 Å². The van der Waals surface area contributed by atoms with E-state index in [1.807, 2.05) is 0 Å². The number of aromatic nitrogens is 3. The van der Waals surface area contributed by atoms with Gasteiger partial charge in [0.05, 0.1) is 5.75 Å². The molecular formula is C9H14N4O3S. The molecule has 1 amide bonds. The van der Waals surface area contributed by atoms with Crippen LogP contribution in [0.2, 0.25) is 0 Å². The van der Waals surface area contributed by atoms with E-state index in [0.717, 1.165) is 0 Å². The Morgan fingerprint density at radius 1 is 1.59 bits per heavy atom. The monoisotopic (exact) mass is 258 g/mol. The van der Waals surface area contributed by atoms with Crippen molar-refractivity contribution in [1.29, 1.82) is 0 Å². The number of nitrogens with zero attached hydrogens (tertiary/aromatic N) is 2. The largest absolute Gasteiger partial charge is 0.480 e. The van der Waals surface area contributed by atoms with Crippen LogP contribution in [-0.2, 0) is 9.59 Å². The number of H-pyrrole nitrogens is 1. The molecule has 17 heavy (non-hydrogen) atoms. The summed E-state index contributed by atoms with van der Waals surface area (Å²) in [4.78, 5) is 26.2. The van der Waals surface area contributed by atoms with E-state index in [4.69, 9.17) is 5.11 Å². The molecule has 1 unspecified atom stereocenters. The van der Waals surface area contributed by atoms with Crippen molar-refractivity contribution >= 4 is 23.6 Å². The average Bonchev–Trinajstić information content (AvgIpc) is 2.74. The van der Waals surface area contributed by atoms with Gasteiger partial charge in [-0.15, -0.1) is 0 Å². The third kappa shape index (κ3) is 4.43. The Bertz CT molecular complexity index is 380. The second-order valence-electron chi connectivity index (χ2n) is 3.71. The summed E-state index contributed by atoms with van der Waals surface area (Å²) in [5.74, 6) is -1.43. The molecule has 0 saturated carbocycles. The molecule has 0 aromatic carbocycles. The number of carbonyl (C=O) groups excluding carboxylic acids is 1. The van der Waals surface area contributed by atoms with Gasteiger partial charge in [0.1, 0.15) is 12.4 Å². The minimum Gasteiger partial charge on any atom is -0.480 e. The molecule has 0 aliphatic carbocycles. The zero-order chi connectivity index (χ0) is 12.8. The zero-order valence-electron chi connectivity index (χ0n) is 9.51. The van der Waals surface area contributed by atoms with Gasteiger partial charge in [-0.25, -0.2) is 9.78 Å². The van der Waals surface area contributed by atoms with Gasteiger partial charge in [-0.3, -0.25) is 9.89 Å². The highest BCUT2D eigenvalue weighted by atomic mass is 32.2. The lowest BCUT2D eigenvalue weighted by atomic mass is 10.1. The summed E-state index contributed by atoms with van der Waals surface area (Å²) in [6, 6.07) is -0.863. The van der Waals surface area contributed by atoms with E-state index in [1.165, 1.54) is 18.1 Å². The lowest BCUT2D eigenvalue weighted by Crippen LogP contribution is -2.45. The number of aliphatic carboxylic acids is 1. The Balaban J connectivity index is 2.40. The molecule has 0 radical (unpaired) electrons. The lowest BCUT2D eigenvalue weighted by molar-refractivity contribution is -0.142. The van der Waals surface area contributed by atoms with Gasteiger partial charge in [-0.05, 0) is 5.92 Å². The molecule has 0 bridgehead atoms. The summed E-state index contributed by atoms with van der Waals surface area (Å²) in [5.41, 5.74) is 0. The average molecular weight is 258 g/mol. The fraction of sp³-hybridized carbons (Fsp3) is 0.556. The summed E-state index contributed by atoms with van der Waals surface area (Å²) in [6.07, 6.45) is 1.34. The Kier molecular flexibility index (Phi) is 4.95. The number of carbonyl (C=O) groups is 2. The van der Waals surface area contributed by atoms with Crippen LogP contribution in [0.25, 0.3) is 0 Å². The SMILES string of the molecule is CC(C)C(NC(=O)CSc1ncn[nH]1)C(=O)O. The maximum Gasteiger partial charge on any atom is 0.326 e. The van der Waals surface area contributed by atoms with Crippen molar-refractivity contribution in [3.8, 4) is 0 Å². The highest BCUT2D eigenvalue weighted by Gasteiger charge is 2.23. The van der Waals surface area contributed by atoms with Gasteiger partial charge in [0.25, 0.3) is 0 Å². The van der Waals surface area contributed by atoms with Gasteiger partial charge in [-0.1, -0.05) is 25.6 Å². The number of carboxylic acids is 1. The lowest BCUT2D eigenvalue weighted by Gasteiger charge is -2.17. The molecule has 7 nitrogen and oxygen atoms in total. The number of rotatable bonds is 6. The molecule has 1 aromatic rings. The Hall–Kier alpha value is -1.57. The molecule has 1 aromatic heterocycles. The first-order valence-corrected chi connectivity index (χ1v) is 5.99. The molecule has 0 spiro atoms. The molecule has 0 aliphatic rings. The second kappa shape index (κ2) is 6.24. The van der Waals surface area contributed by atoms with E-state index in [9.17, 15) is 9.59 Å². The number of thioether (sulfide) groups is 1. The van der Waals surface area contributed by atoms with Crippen LogP contribution in [0.4, 0.5) is 0 Å². The minimum atomic E-state index is -1.03. The summed E-state index contributed by atoms with van der Waals surface area (Å²) < 4.78 is 0. The van der Waals surface area contributed by atoms with Crippen molar-refractivity contribution in [1.82, 2.24) is 20.5 Å². The third-order valence-electron chi connectivity index (χ3n) is 1.98. The highest BCUT2D eigenvalue weighted by Crippen LogP contribution is 2.10. The van der Waals surface area contributed by atoms with Gasteiger partial charge in [0, 0.05) is 0 Å². The summed E-state index contributed by atoms with van der Waals surface area (Å²) in [7, 11) is 0. The van der Waals surface area contributed by atoms with Gasteiger partial charge in [0.2, 0.25) is 5.91 Å². The normalized spacial score (nSPS) is 12.4. The van der Waals surface area contributed by atoms with E-state index in [-0.39, 0.29) is 17.6 Å². The van der Waals surface area contributed by atoms with Crippen LogP contribution in [0, 0.1) is 5.92 Å². The van der Waals surface area contributed by atoms with E-state index in [1.54, 1.807) is 13.8 Å². The van der Waals surface area contributed by atoms with Crippen LogP contribution in [0.5, 0.6) is 0 Å². The van der Waals surface area contributed by atoms with Crippen LogP contribution in [0.15, 0.2) is 11.5 Å². The Morgan fingerprint density at radius 3 is 2.76 bits per heavy atom. The van der Waals surface area contributed by atoms with E-state index < -0.39 is 12.0 Å². The van der Waals surface area contributed by atoms with E-state index >= 15 is 0 Å². The first-order chi connectivity index (χ1) is 8.00. The van der Waals surface area contributed by atoms with E-state index in [2.05, 4.69) is 20.5 Å². The van der Waals surface area contributed by atoms with Crippen LogP contribution in [0.3, 0.4) is 0 Å². The van der Waals surface area contributed by atoms with Crippen molar-refractivity contribution in [2.24, 2.45) is 5.92 Å². The van der Waals surface area contributed by atoms with Gasteiger partial charge in [-0.2, -0.15) is 5.10 Å². The number of carboxylic acid groups (broad SMARTS) is 1. The molecular weight excluding hydrogens is 244 g/mol. The number of hydrogen-bond donors (Lipinski definition) is 3. The minimum absolute atomic E-state index is 0.103. The smallest absolute Gasteiger partial charge is 0.326 e. The Labute approximate surface area is 102 Å². The number of hydrogen-bond acceptors (Lipinski definition) is 5. The quantitative estimate of drug-likeness (QED) is 0.626. The molecule has 3 N–H and O–H groups in total. The van der Waals surface area contributed by atoms with Gasteiger partial charge < -0.3 is 10.4 Å². The third-order valence-corrected chi connectivity index (χ3v) is 2.86. The van der Waals surface area contributed by atoms with Crippen molar-refractivity contribution in [3.05, 3.63) is 6.33 Å². The summed E-state index contributed by atoms with van der Waals surface area (Å²) in [6.45, 7) is 3.48. The maximum absolute atomic E-state index is 11.5. The molecule has 94 valence electrons. The van der Waals surface area contributed by atoms with Crippen LogP contribution in [0.1, 0.15) is 13.8 Å². The second-order valence-corrected chi connectivity index (χ2v) is 4.67. The molecule has 0 fully saturated rings. The van der Waals surface area contributed by atoms with Crippen molar-refractivity contribution < 1.29 is 14.7 Å². The molecule has 0 saturated heterocycles. The predicted octanol–water partition coefficient (Wildman–Crippen LogP) is 0.122. The molecule has 1 heterocycles. The summed E-state index contributed by atoms with van der Waals surface area (Å²) >= 11 is 1.17. The summed E-state index contributed by atoms with van der Waals surface area (Å²) in [5, 5.41) is 18.1. The van der Waals surface area contributed by atoms with Crippen LogP contribution < -0.4 is 5.32 Å². The maximum atomic E-state index is 11.5. The first-order valence-electron chi connectivity index (χ1n) is 5.01. The first kappa shape index (κ1) is 13.5. The number of amides is 1. The van der Waals surface area contributed by atoms with Crippen molar-refractivity contribution in [2.75, 3.05) is 5.75 Å². The Morgan fingerprint density at radius 2 is 2.29 bits per heavy atom. The van der Waals surface area contributed by atoms with Crippen LogP contribution in [-0.4, -0.2) is 44.0 Å². The van der Waals surface area contributed by atoms with Crippen molar-refractivity contribution in [3.63, 3.8) is 0 Å². The number of nitrogens with one attached hydrogen (secondary N) is 2. The van der Waals surface area contributed by atoms with E-state index in [0.29, 0.717) is 5.16 Å².